The SMILES string of the molecule is Bc1ccc(C(=O)O)c(F)c1. The molecule has 56 valence electrons. The normalized spacial score (nSPS) is 9.55. The third kappa shape index (κ3) is 1.58. The molecule has 0 saturated carbocycles. The van der Waals surface area contributed by atoms with Crippen LogP contribution in [0.3, 0.4) is 0 Å². The molecule has 1 aromatic rings. The monoisotopic (exact) mass is 152 g/mol. The lowest BCUT2D eigenvalue weighted by Gasteiger charge is -1.96. The van der Waals surface area contributed by atoms with Gasteiger partial charge in [0.2, 0.25) is 0 Å². The molecule has 0 saturated heterocycles. The van der Waals surface area contributed by atoms with Crippen LogP contribution >= 0.6 is 0 Å². The van der Waals surface area contributed by atoms with Crippen LogP contribution in [0.2, 0.25) is 0 Å². The molecule has 1 N–H and O–H groups in total. The smallest absolute Gasteiger partial charge is 0.338 e. The van der Waals surface area contributed by atoms with Crippen molar-refractivity contribution in [2.75, 3.05) is 0 Å². The van der Waals surface area contributed by atoms with Crippen LogP contribution in [0, 0.1) is 5.82 Å². The van der Waals surface area contributed by atoms with Crippen LogP contribution in [0.1, 0.15) is 10.4 Å². The van der Waals surface area contributed by atoms with Crippen molar-refractivity contribution < 1.29 is 14.3 Å². The lowest BCUT2D eigenvalue weighted by atomic mass is 9.95. The highest BCUT2D eigenvalue weighted by molar-refractivity contribution is 6.32. The molecule has 0 unspecified atom stereocenters. The summed E-state index contributed by atoms with van der Waals surface area (Å²) >= 11 is 0. The molecule has 0 atom stereocenters. The maximum absolute atomic E-state index is 12.7. The third-order valence-corrected chi connectivity index (χ3v) is 1.35. The van der Waals surface area contributed by atoms with E-state index in [1.807, 2.05) is 0 Å². The minimum Gasteiger partial charge on any atom is -0.478 e. The predicted molar refractivity (Wildman–Crippen MR) is 41.5 cm³/mol. The van der Waals surface area contributed by atoms with Crippen LogP contribution in [-0.2, 0) is 0 Å². The van der Waals surface area contributed by atoms with Gasteiger partial charge in [0.25, 0.3) is 0 Å². The van der Waals surface area contributed by atoms with Crippen molar-refractivity contribution in [1.29, 1.82) is 0 Å². The number of hydrogen-bond acceptors (Lipinski definition) is 1. The summed E-state index contributed by atoms with van der Waals surface area (Å²) in [6.45, 7) is 0. The average Bonchev–Trinajstić information content (AvgIpc) is 1.85. The summed E-state index contributed by atoms with van der Waals surface area (Å²) in [6, 6.07) is 4.02. The fourth-order valence-electron chi connectivity index (χ4n) is 0.794. The van der Waals surface area contributed by atoms with Crippen LogP contribution in [0.5, 0.6) is 0 Å². The number of carboxylic acid groups (broad SMARTS) is 1. The number of rotatable bonds is 1. The van der Waals surface area contributed by atoms with Crippen LogP contribution in [0.15, 0.2) is 18.2 Å². The van der Waals surface area contributed by atoms with Gasteiger partial charge in [-0.1, -0.05) is 11.5 Å². The Bertz CT molecular complexity index is 298. The number of carbonyl (C=O) groups is 1. The van der Waals surface area contributed by atoms with Gasteiger partial charge in [0, 0.05) is 0 Å². The summed E-state index contributed by atoms with van der Waals surface area (Å²) in [6.07, 6.45) is 0. The van der Waals surface area contributed by atoms with Gasteiger partial charge in [0.1, 0.15) is 13.7 Å². The van der Waals surface area contributed by atoms with Crippen LogP contribution in [-0.4, -0.2) is 18.9 Å². The van der Waals surface area contributed by atoms with E-state index in [4.69, 9.17) is 5.11 Å². The van der Waals surface area contributed by atoms with Crippen molar-refractivity contribution in [1.82, 2.24) is 0 Å². The van der Waals surface area contributed by atoms with E-state index in [1.165, 1.54) is 12.1 Å². The third-order valence-electron chi connectivity index (χ3n) is 1.35. The van der Waals surface area contributed by atoms with Gasteiger partial charge in [-0.15, -0.1) is 0 Å². The van der Waals surface area contributed by atoms with Gasteiger partial charge in [-0.3, -0.25) is 0 Å². The van der Waals surface area contributed by atoms with E-state index in [0.717, 1.165) is 0 Å². The minimum atomic E-state index is -1.23. The molecule has 11 heavy (non-hydrogen) atoms. The Morgan fingerprint density at radius 1 is 1.55 bits per heavy atom. The Hall–Kier alpha value is -1.32. The van der Waals surface area contributed by atoms with Gasteiger partial charge in [-0.25, -0.2) is 9.18 Å². The average molecular weight is 152 g/mol. The first kappa shape index (κ1) is 7.79. The molecule has 0 bridgehead atoms. The zero-order valence-electron chi connectivity index (χ0n) is 5.97. The largest absolute Gasteiger partial charge is 0.478 e. The van der Waals surface area contributed by atoms with Gasteiger partial charge in [-0.05, 0) is 12.1 Å². The van der Waals surface area contributed by atoms with Crippen LogP contribution in [0.25, 0.3) is 0 Å². The van der Waals surface area contributed by atoms with E-state index >= 15 is 0 Å². The molecule has 0 radical (unpaired) electrons. The van der Waals surface area contributed by atoms with Gasteiger partial charge in [0.15, 0.2) is 0 Å². The van der Waals surface area contributed by atoms with E-state index in [1.54, 1.807) is 13.9 Å². The van der Waals surface area contributed by atoms with E-state index in [-0.39, 0.29) is 5.56 Å². The number of aromatic carboxylic acids is 1. The van der Waals surface area contributed by atoms with Gasteiger partial charge in [0.05, 0.1) is 5.56 Å². The van der Waals surface area contributed by atoms with Crippen LogP contribution in [0.4, 0.5) is 4.39 Å². The lowest BCUT2D eigenvalue weighted by molar-refractivity contribution is 0.0692. The van der Waals surface area contributed by atoms with Crippen molar-refractivity contribution in [3.05, 3.63) is 29.6 Å². The maximum atomic E-state index is 12.7. The molecule has 0 amide bonds. The molecule has 0 aliphatic rings. The molecule has 0 heterocycles. The molecule has 0 fully saturated rings. The topological polar surface area (TPSA) is 37.3 Å². The van der Waals surface area contributed by atoms with Gasteiger partial charge in [-0.2, -0.15) is 0 Å². The zero-order valence-corrected chi connectivity index (χ0v) is 5.97. The molecule has 1 rings (SSSR count). The molecule has 0 aromatic heterocycles. The minimum absolute atomic E-state index is 0.282. The summed E-state index contributed by atoms with van der Waals surface area (Å²) in [7, 11) is 1.70. The molecule has 1 aromatic carbocycles. The van der Waals surface area contributed by atoms with Gasteiger partial charge < -0.3 is 5.11 Å². The molecule has 4 heteroatoms. The maximum Gasteiger partial charge on any atom is 0.338 e. The Kier molecular flexibility index (Phi) is 1.94. The Morgan fingerprint density at radius 2 is 2.18 bits per heavy atom. The highest BCUT2D eigenvalue weighted by atomic mass is 19.1. The number of hydrogen-bond donors (Lipinski definition) is 1. The van der Waals surface area contributed by atoms with E-state index < -0.39 is 11.8 Å². The highest BCUT2D eigenvalue weighted by Gasteiger charge is 2.08. The van der Waals surface area contributed by atoms with Crippen molar-refractivity contribution in [3.63, 3.8) is 0 Å². The molecular formula is C7H6BFO2. The Morgan fingerprint density at radius 3 is 2.64 bits per heavy atom. The first-order valence-electron chi connectivity index (χ1n) is 3.10. The summed E-state index contributed by atoms with van der Waals surface area (Å²) in [5, 5.41) is 8.42. The predicted octanol–water partition coefficient (Wildman–Crippen LogP) is -0.218. The Labute approximate surface area is 64.1 Å². The number of halogens is 1. The van der Waals surface area contributed by atoms with E-state index in [9.17, 15) is 9.18 Å². The van der Waals surface area contributed by atoms with Crippen molar-refractivity contribution in [2.45, 2.75) is 0 Å². The molecule has 2 nitrogen and oxygen atoms in total. The van der Waals surface area contributed by atoms with Crippen LogP contribution < -0.4 is 5.46 Å². The fourth-order valence-corrected chi connectivity index (χ4v) is 0.794. The Balaban J connectivity index is 3.20. The lowest BCUT2D eigenvalue weighted by Crippen LogP contribution is -2.07. The fraction of sp³-hybridized carbons (Fsp3) is 0. The summed E-state index contributed by atoms with van der Waals surface area (Å²) < 4.78 is 12.7. The van der Waals surface area contributed by atoms with Gasteiger partial charge >= 0.3 is 5.97 Å². The zero-order chi connectivity index (χ0) is 8.43. The molecule has 0 aliphatic carbocycles. The molecule has 0 spiro atoms. The van der Waals surface area contributed by atoms with Crippen molar-refractivity contribution in [3.8, 4) is 0 Å². The molecular weight excluding hydrogens is 146 g/mol. The first-order chi connectivity index (χ1) is 5.11. The van der Waals surface area contributed by atoms with Crippen molar-refractivity contribution >= 4 is 19.3 Å². The van der Waals surface area contributed by atoms with E-state index in [0.29, 0.717) is 5.46 Å². The standard InChI is InChI=1S/C7H6BFO2/c8-4-1-2-5(7(10)11)6(9)3-4/h1-3H,8H2,(H,10,11). The first-order valence-corrected chi connectivity index (χ1v) is 3.10. The van der Waals surface area contributed by atoms with E-state index in [2.05, 4.69) is 0 Å². The second-order valence-corrected chi connectivity index (χ2v) is 2.29. The second kappa shape index (κ2) is 2.74. The summed E-state index contributed by atoms with van der Waals surface area (Å²) in [5.74, 6) is -1.92. The quantitative estimate of drug-likeness (QED) is 0.565. The highest BCUT2D eigenvalue weighted by Crippen LogP contribution is 2.03. The van der Waals surface area contributed by atoms with Crippen molar-refractivity contribution in [2.24, 2.45) is 0 Å². The second-order valence-electron chi connectivity index (χ2n) is 2.29. The molecule has 0 aliphatic heterocycles. The summed E-state index contributed by atoms with van der Waals surface area (Å²) in [5.41, 5.74) is 0.433. The number of benzene rings is 1. The number of carboxylic acids is 1. The summed E-state index contributed by atoms with van der Waals surface area (Å²) in [4.78, 5) is 10.3.